The fourth-order valence-corrected chi connectivity index (χ4v) is 4.10. The summed E-state index contributed by atoms with van der Waals surface area (Å²) in [7, 11) is -4.10. The first kappa shape index (κ1) is 18.1. The van der Waals surface area contributed by atoms with Crippen molar-refractivity contribution in [3.8, 4) is 0 Å². The molecule has 0 aliphatic heterocycles. The number of halogens is 3. The third-order valence-corrected chi connectivity index (χ3v) is 5.70. The van der Waals surface area contributed by atoms with Gasteiger partial charge in [0.15, 0.2) is 0 Å². The van der Waals surface area contributed by atoms with Gasteiger partial charge in [0.05, 0.1) is 15.6 Å². The first-order valence-electron chi connectivity index (χ1n) is 6.17. The van der Waals surface area contributed by atoms with Crippen LogP contribution in [0.25, 0.3) is 0 Å². The van der Waals surface area contributed by atoms with Crippen molar-refractivity contribution in [2.75, 3.05) is 10.8 Å². The molecule has 0 radical (unpaired) electrons. The summed E-state index contributed by atoms with van der Waals surface area (Å²) < 4.78 is 27.0. The van der Waals surface area contributed by atoms with E-state index in [4.69, 9.17) is 28.3 Å². The Morgan fingerprint density at radius 1 is 1.13 bits per heavy atom. The molecule has 2 rings (SSSR count). The average molecular weight is 439 g/mol. The van der Waals surface area contributed by atoms with Crippen LogP contribution in [0.2, 0.25) is 10.0 Å². The van der Waals surface area contributed by atoms with Gasteiger partial charge in [-0.25, -0.2) is 8.42 Å². The molecule has 0 aliphatic rings. The maximum absolute atomic E-state index is 12.8. The molecule has 0 bridgehead atoms. The van der Waals surface area contributed by atoms with Crippen LogP contribution in [0.15, 0.2) is 51.8 Å². The third kappa shape index (κ3) is 4.17. The zero-order valence-corrected chi connectivity index (χ0v) is 15.3. The number of anilines is 1. The van der Waals surface area contributed by atoms with E-state index < -0.39 is 22.5 Å². The molecule has 2 aromatic rings. The molecule has 0 aliphatic carbocycles. The number of benzene rings is 2. The molecular weight excluding hydrogens is 429 g/mol. The Morgan fingerprint density at radius 2 is 1.74 bits per heavy atom. The van der Waals surface area contributed by atoms with Crippen LogP contribution in [0.1, 0.15) is 0 Å². The van der Waals surface area contributed by atoms with Gasteiger partial charge in [0, 0.05) is 9.50 Å². The van der Waals surface area contributed by atoms with E-state index in [2.05, 4.69) is 15.9 Å². The molecule has 1 N–H and O–H groups in total. The fourth-order valence-electron chi connectivity index (χ4n) is 1.84. The Kier molecular flexibility index (Phi) is 5.57. The van der Waals surface area contributed by atoms with Crippen LogP contribution < -0.4 is 4.31 Å². The number of rotatable bonds is 5. The number of carbonyl (C=O) groups is 1. The van der Waals surface area contributed by atoms with Crippen LogP contribution in [-0.2, 0) is 14.8 Å². The van der Waals surface area contributed by atoms with Crippen molar-refractivity contribution in [1.82, 2.24) is 0 Å². The van der Waals surface area contributed by atoms with Crippen molar-refractivity contribution < 1.29 is 18.3 Å². The minimum absolute atomic E-state index is 0.0411. The lowest BCUT2D eigenvalue weighted by Crippen LogP contribution is -2.36. The van der Waals surface area contributed by atoms with Crippen LogP contribution in [-0.4, -0.2) is 26.0 Å². The van der Waals surface area contributed by atoms with Crippen molar-refractivity contribution in [3.63, 3.8) is 0 Å². The molecule has 122 valence electrons. The van der Waals surface area contributed by atoms with Gasteiger partial charge in [-0.3, -0.25) is 9.10 Å². The molecule has 2 aromatic carbocycles. The molecule has 0 aromatic heterocycles. The van der Waals surface area contributed by atoms with E-state index in [0.717, 1.165) is 4.31 Å². The van der Waals surface area contributed by atoms with Gasteiger partial charge >= 0.3 is 5.97 Å². The maximum Gasteiger partial charge on any atom is 0.324 e. The van der Waals surface area contributed by atoms with Crippen molar-refractivity contribution >= 4 is 60.8 Å². The Balaban J connectivity index is 2.57. The normalized spacial score (nSPS) is 11.3. The lowest BCUT2D eigenvalue weighted by Gasteiger charge is -2.23. The van der Waals surface area contributed by atoms with E-state index >= 15 is 0 Å². The number of nitrogens with zero attached hydrogens (tertiary/aromatic N) is 1. The van der Waals surface area contributed by atoms with Gasteiger partial charge in [0.1, 0.15) is 6.54 Å². The van der Waals surface area contributed by atoms with E-state index in [1.165, 1.54) is 30.3 Å². The van der Waals surface area contributed by atoms with Gasteiger partial charge < -0.3 is 5.11 Å². The van der Waals surface area contributed by atoms with Crippen molar-refractivity contribution in [3.05, 3.63) is 57.0 Å². The predicted molar refractivity (Wildman–Crippen MR) is 92.8 cm³/mol. The van der Waals surface area contributed by atoms with Gasteiger partial charge in [0.2, 0.25) is 0 Å². The van der Waals surface area contributed by atoms with Gasteiger partial charge in [-0.15, -0.1) is 0 Å². The zero-order valence-electron chi connectivity index (χ0n) is 11.4. The van der Waals surface area contributed by atoms with Crippen molar-refractivity contribution in [1.29, 1.82) is 0 Å². The number of sulfonamides is 1. The molecule has 23 heavy (non-hydrogen) atoms. The van der Waals surface area contributed by atoms with Gasteiger partial charge in [-0.1, -0.05) is 39.1 Å². The van der Waals surface area contributed by atoms with E-state index in [1.807, 2.05) is 0 Å². The first-order chi connectivity index (χ1) is 10.7. The van der Waals surface area contributed by atoms with Gasteiger partial charge in [0.25, 0.3) is 10.0 Å². The highest BCUT2D eigenvalue weighted by Crippen LogP contribution is 2.32. The quantitative estimate of drug-likeness (QED) is 0.764. The Hall–Kier alpha value is -1.28. The molecule has 0 amide bonds. The molecule has 0 atom stereocenters. The van der Waals surface area contributed by atoms with E-state index in [-0.39, 0.29) is 15.6 Å². The largest absolute Gasteiger partial charge is 0.480 e. The molecule has 0 saturated carbocycles. The topological polar surface area (TPSA) is 74.7 Å². The van der Waals surface area contributed by atoms with Gasteiger partial charge in [-0.2, -0.15) is 0 Å². The molecule has 5 nitrogen and oxygen atoms in total. The zero-order chi connectivity index (χ0) is 17.2. The minimum Gasteiger partial charge on any atom is -0.480 e. The molecule has 0 saturated heterocycles. The Labute approximate surface area is 151 Å². The first-order valence-corrected chi connectivity index (χ1v) is 9.16. The highest BCUT2D eigenvalue weighted by atomic mass is 79.9. The molecule has 0 heterocycles. The average Bonchev–Trinajstić information content (AvgIpc) is 2.45. The Bertz CT molecular complexity index is 840. The van der Waals surface area contributed by atoms with Crippen LogP contribution in [0.3, 0.4) is 0 Å². The second-order valence-electron chi connectivity index (χ2n) is 4.46. The number of carboxylic acid groups (broad SMARTS) is 1. The molecule has 9 heteroatoms. The maximum atomic E-state index is 12.8. The summed E-state index contributed by atoms with van der Waals surface area (Å²) >= 11 is 15.1. The molecule has 0 fully saturated rings. The van der Waals surface area contributed by atoms with Crippen molar-refractivity contribution in [2.45, 2.75) is 4.90 Å². The number of hydrogen-bond acceptors (Lipinski definition) is 3. The highest BCUT2D eigenvalue weighted by molar-refractivity contribution is 9.10. The van der Waals surface area contributed by atoms with Crippen LogP contribution in [0.5, 0.6) is 0 Å². The molecule has 0 unspecified atom stereocenters. The van der Waals surface area contributed by atoms with E-state index in [1.54, 1.807) is 12.1 Å². The number of hydrogen-bond donors (Lipinski definition) is 1. The number of carboxylic acids is 1. The van der Waals surface area contributed by atoms with E-state index in [0.29, 0.717) is 9.50 Å². The Morgan fingerprint density at radius 3 is 2.26 bits per heavy atom. The molecule has 0 spiro atoms. The summed E-state index contributed by atoms with van der Waals surface area (Å²) in [4.78, 5) is 11.1. The summed E-state index contributed by atoms with van der Waals surface area (Å²) in [6.07, 6.45) is 0. The summed E-state index contributed by atoms with van der Waals surface area (Å²) in [5.74, 6) is -1.31. The second-order valence-corrected chi connectivity index (χ2v) is 8.08. The predicted octanol–water partition coefficient (Wildman–Crippen LogP) is 4.04. The smallest absolute Gasteiger partial charge is 0.324 e. The summed E-state index contributed by atoms with van der Waals surface area (Å²) in [5, 5.41) is 9.42. The van der Waals surface area contributed by atoms with Crippen LogP contribution >= 0.6 is 39.1 Å². The highest BCUT2D eigenvalue weighted by Gasteiger charge is 2.28. The van der Waals surface area contributed by atoms with Crippen LogP contribution in [0, 0.1) is 0 Å². The monoisotopic (exact) mass is 437 g/mol. The third-order valence-electron chi connectivity index (χ3n) is 2.86. The molecular formula is C14H10BrCl2NO4S. The van der Waals surface area contributed by atoms with Crippen LogP contribution in [0.4, 0.5) is 5.69 Å². The standard InChI is InChI=1S/C14H10BrCl2NO4S/c15-9-1-4-11(5-2-9)23(21,22)18(8-14(19)20)13-6-3-10(16)7-12(13)17/h1-7H,8H2,(H,19,20). The SMILES string of the molecule is O=C(O)CN(c1ccc(Cl)cc1Cl)S(=O)(=O)c1ccc(Br)cc1. The minimum atomic E-state index is -4.10. The lowest BCUT2D eigenvalue weighted by atomic mass is 10.3. The van der Waals surface area contributed by atoms with E-state index in [9.17, 15) is 13.2 Å². The van der Waals surface area contributed by atoms with Gasteiger partial charge in [-0.05, 0) is 42.5 Å². The second kappa shape index (κ2) is 7.09. The van der Waals surface area contributed by atoms with Crippen molar-refractivity contribution in [2.24, 2.45) is 0 Å². The summed E-state index contributed by atoms with van der Waals surface area (Å²) in [6, 6.07) is 10.0. The summed E-state index contributed by atoms with van der Waals surface area (Å²) in [6.45, 7) is -0.764. The fraction of sp³-hybridized carbons (Fsp3) is 0.0714. The lowest BCUT2D eigenvalue weighted by molar-refractivity contribution is -0.135. The summed E-state index contributed by atoms with van der Waals surface area (Å²) in [5.41, 5.74) is 0.0429. The number of aliphatic carboxylic acids is 1.